The Labute approximate surface area is 129 Å². The molecule has 1 atom stereocenters. The zero-order valence-corrected chi connectivity index (χ0v) is 13.6. The van der Waals surface area contributed by atoms with Gasteiger partial charge in [-0.25, -0.2) is 22.8 Å². The van der Waals surface area contributed by atoms with Crippen LogP contribution >= 0.6 is 0 Å². The fourth-order valence-electron chi connectivity index (χ4n) is 2.72. The number of carbonyl (C=O) groups is 1. The molecule has 1 amide bonds. The van der Waals surface area contributed by atoms with Crippen LogP contribution in [0.5, 0.6) is 0 Å². The number of nitrogens with zero attached hydrogens (tertiary/aromatic N) is 4. The monoisotopic (exact) mass is 327 g/mol. The number of carbonyl (C=O) groups excluding carboxylic acids is 1. The van der Waals surface area contributed by atoms with Gasteiger partial charge in [0, 0.05) is 25.4 Å². The number of rotatable bonds is 5. The molecule has 1 saturated carbocycles. The van der Waals surface area contributed by atoms with Crippen LogP contribution in [0.3, 0.4) is 0 Å². The molecule has 122 valence electrons. The molecule has 3 rings (SSSR count). The van der Waals surface area contributed by atoms with Crippen molar-refractivity contribution in [3.8, 4) is 0 Å². The molecule has 0 aromatic carbocycles. The van der Waals surface area contributed by atoms with Crippen molar-refractivity contribution in [3.63, 3.8) is 0 Å². The van der Waals surface area contributed by atoms with E-state index in [-0.39, 0.29) is 24.9 Å². The maximum Gasteiger partial charge on any atom is 0.224 e. The van der Waals surface area contributed by atoms with Crippen LogP contribution in [0.15, 0.2) is 0 Å². The predicted octanol–water partition coefficient (Wildman–Crippen LogP) is -0.00200. The summed E-state index contributed by atoms with van der Waals surface area (Å²) in [5, 5.41) is 4.53. The van der Waals surface area contributed by atoms with Crippen molar-refractivity contribution < 1.29 is 13.2 Å². The minimum Gasteiger partial charge on any atom is -0.331 e. The van der Waals surface area contributed by atoms with E-state index in [4.69, 9.17) is 0 Å². The second-order valence-electron chi connectivity index (χ2n) is 6.01. The van der Waals surface area contributed by atoms with Crippen molar-refractivity contribution >= 4 is 15.9 Å². The molecule has 0 saturated heterocycles. The lowest BCUT2D eigenvalue weighted by atomic mass is 10.2. The summed E-state index contributed by atoms with van der Waals surface area (Å²) in [6.07, 6.45) is 3.54. The number of amides is 1. The van der Waals surface area contributed by atoms with Gasteiger partial charge >= 0.3 is 0 Å². The Bertz CT molecular complexity index is 680. The van der Waals surface area contributed by atoms with Crippen molar-refractivity contribution in [2.45, 2.75) is 44.7 Å². The Morgan fingerprint density at radius 3 is 2.73 bits per heavy atom. The van der Waals surface area contributed by atoms with E-state index in [1.807, 2.05) is 11.6 Å². The first-order valence-electron chi connectivity index (χ1n) is 7.54. The molecule has 0 unspecified atom stereocenters. The molecule has 1 N–H and O–H groups in total. The van der Waals surface area contributed by atoms with Crippen molar-refractivity contribution in [1.29, 1.82) is 0 Å². The molecule has 1 aromatic heterocycles. The fraction of sp³-hybridized carbons (Fsp3) is 0.769. The molecule has 1 aromatic rings. The molecule has 1 fully saturated rings. The molecule has 9 heteroatoms. The first-order chi connectivity index (χ1) is 10.3. The van der Waals surface area contributed by atoms with Crippen LogP contribution in [0.4, 0.5) is 0 Å². The van der Waals surface area contributed by atoms with Gasteiger partial charge in [0.05, 0.1) is 18.8 Å². The Kier molecular flexibility index (Phi) is 3.94. The summed E-state index contributed by atoms with van der Waals surface area (Å²) in [5.41, 5.74) is 0. The maximum absolute atomic E-state index is 12.3. The molecule has 2 heterocycles. The van der Waals surface area contributed by atoms with E-state index < -0.39 is 10.0 Å². The highest BCUT2D eigenvalue weighted by Gasteiger charge is 2.34. The van der Waals surface area contributed by atoms with Gasteiger partial charge in [0.25, 0.3) is 0 Å². The topological polar surface area (TPSA) is 97.2 Å². The van der Waals surface area contributed by atoms with Crippen molar-refractivity contribution in [1.82, 2.24) is 24.4 Å². The summed E-state index contributed by atoms with van der Waals surface area (Å²) in [7, 11) is -3.26. The molecular formula is C13H21N5O3S. The number of nitrogens with one attached hydrogen (secondary N) is 1. The third-order valence-corrected chi connectivity index (χ3v) is 4.81. The van der Waals surface area contributed by atoms with Crippen LogP contribution in [0.1, 0.15) is 49.8 Å². The van der Waals surface area contributed by atoms with Crippen LogP contribution in [0.2, 0.25) is 0 Å². The lowest BCUT2D eigenvalue weighted by Gasteiger charge is -2.33. The Hall–Kier alpha value is -1.48. The quantitative estimate of drug-likeness (QED) is 0.821. The largest absolute Gasteiger partial charge is 0.331 e. The van der Waals surface area contributed by atoms with Gasteiger partial charge in [-0.05, 0) is 19.8 Å². The van der Waals surface area contributed by atoms with Crippen molar-refractivity contribution in [2.24, 2.45) is 0 Å². The van der Waals surface area contributed by atoms with Crippen molar-refractivity contribution in [2.75, 3.05) is 19.3 Å². The summed E-state index contributed by atoms with van der Waals surface area (Å²) in [6, 6.07) is -0.125. The summed E-state index contributed by atoms with van der Waals surface area (Å²) < 4.78 is 26.3. The van der Waals surface area contributed by atoms with Gasteiger partial charge in [0.1, 0.15) is 5.82 Å². The average molecular weight is 327 g/mol. The standard InChI is InChI=1S/C13H21N5O3S/c1-9-13-15-12(10-3-4-10)16-18(13)8-7-17(9)11(19)5-6-14-22(2,20)21/h9-10,14H,3-8H2,1-2H3/t9-/m1/s1. The number of hydrogen-bond donors (Lipinski definition) is 1. The zero-order valence-electron chi connectivity index (χ0n) is 12.8. The summed E-state index contributed by atoms with van der Waals surface area (Å²) in [5.74, 6) is 2.16. The number of aromatic nitrogens is 3. The van der Waals surface area contributed by atoms with Crippen LogP contribution in [0.25, 0.3) is 0 Å². The first kappa shape index (κ1) is 15.4. The van der Waals surface area contributed by atoms with E-state index in [9.17, 15) is 13.2 Å². The van der Waals surface area contributed by atoms with Gasteiger partial charge in [-0.15, -0.1) is 0 Å². The van der Waals surface area contributed by atoms with Crippen LogP contribution in [-0.2, 0) is 21.4 Å². The van der Waals surface area contributed by atoms with E-state index in [1.54, 1.807) is 4.90 Å². The van der Waals surface area contributed by atoms with Gasteiger partial charge in [0.2, 0.25) is 15.9 Å². The minimum absolute atomic E-state index is 0.0640. The summed E-state index contributed by atoms with van der Waals surface area (Å²) >= 11 is 0. The molecule has 0 spiro atoms. The van der Waals surface area contributed by atoms with Gasteiger partial charge in [-0.2, -0.15) is 5.10 Å². The second-order valence-corrected chi connectivity index (χ2v) is 7.84. The molecule has 0 bridgehead atoms. The fourth-order valence-corrected chi connectivity index (χ4v) is 3.20. The summed E-state index contributed by atoms with van der Waals surface area (Å²) in [4.78, 5) is 18.6. The predicted molar refractivity (Wildman–Crippen MR) is 79.6 cm³/mol. The third-order valence-electron chi connectivity index (χ3n) is 4.08. The maximum atomic E-state index is 12.3. The van der Waals surface area contributed by atoms with Crippen LogP contribution in [0, 0.1) is 0 Å². The van der Waals surface area contributed by atoms with E-state index in [0.29, 0.717) is 19.0 Å². The zero-order chi connectivity index (χ0) is 15.9. The Morgan fingerprint density at radius 2 is 2.09 bits per heavy atom. The van der Waals surface area contributed by atoms with E-state index in [2.05, 4.69) is 14.8 Å². The molecular weight excluding hydrogens is 306 g/mol. The molecule has 22 heavy (non-hydrogen) atoms. The summed E-state index contributed by atoms with van der Waals surface area (Å²) in [6.45, 7) is 3.29. The second kappa shape index (κ2) is 5.62. The smallest absolute Gasteiger partial charge is 0.224 e. The highest BCUT2D eigenvalue weighted by molar-refractivity contribution is 7.88. The SMILES string of the molecule is C[C@@H]1c2nc(C3CC3)nn2CCN1C(=O)CCNS(C)(=O)=O. The molecule has 2 aliphatic rings. The Morgan fingerprint density at radius 1 is 1.36 bits per heavy atom. The number of fused-ring (bicyclic) bond motifs is 1. The van der Waals surface area contributed by atoms with Gasteiger partial charge in [-0.3, -0.25) is 4.79 Å². The lowest BCUT2D eigenvalue weighted by Crippen LogP contribution is -2.42. The minimum atomic E-state index is -3.26. The van der Waals surface area contributed by atoms with E-state index in [1.165, 1.54) is 0 Å². The lowest BCUT2D eigenvalue weighted by molar-refractivity contribution is -0.134. The first-order valence-corrected chi connectivity index (χ1v) is 9.43. The number of sulfonamides is 1. The van der Waals surface area contributed by atoms with Gasteiger partial charge in [-0.1, -0.05) is 0 Å². The van der Waals surface area contributed by atoms with Crippen molar-refractivity contribution in [3.05, 3.63) is 11.6 Å². The van der Waals surface area contributed by atoms with Crippen LogP contribution in [-0.4, -0.2) is 53.3 Å². The highest BCUT2D eigenvalue weighted by atomic mass is 32.2. The van der Waals surface area contributed by atoms with E-state index >= 15 is 0 Å². The number of hydrogen-bond acceptors (Lipinski definition) is 5. The van der Waals surface area contributed by atoms with Gasteiger partial charge < -0.3 is 4.90 Å². The third kappa shape index (κ3) is 3.30. The average Bonchev–Trinajstić information content (AvgIpc) is 3.17. The van der Waals surface area contributed by atoms with E-state index in [0.717, 1.165) is 30.7 Å². The molecule has 1 aliphatic heterocycles. The van der Waals surface area contributed by atoms with Gasteiger partial charge in [0.15, 0.2) is 5.82 Å². The normalized spacial score (nSPS) is 21.7. The van der Waals surface area contributed by atoms with Crippen LogP contribution < -0.4 is 4.72 Å². The molecule has 0 radical (unpaired) electrons. The Balaban J connectivity index is 1.64. The highest BCUT2D eigenvalue weighted by Crippen LogP contribution is 2.39. The molecule has 1 aliphatic carbocycles. The molecule has 8 nitrogen and oxygen atoms in total.